The zero-order valence-electron chi connectivity index (χ0n) is 4.94. The van der Waals surface area contributed by atoms with Crippen LogP contribution < -0.4 is 5.73 Å². The summed E-state index contributed by atoms with van der Waals surface area (Å²) in [7, 11) is 0. The van der Waals surface area contributed by atoms with E-state index in [9.17, 15) is 5.11 Å². The van der Waals surface area contributed by atoms with Crippen LogP contribution >= 0.6 is 31.9 Å². The maximum absolute atomic E-state index is 9.19. The second-order valence-electron chi connectivity index (χ2n) is 1.80. The third kappa shape index (κ3) is 1.27. The number of aromatic hydroxyl groups is 1. The highest BCUT2D eigenvalue weighted by atomic mass is 79.9. The van der Waals surface area contributed by atoms with Crippen LogP contribution in [0.4, 0.5) is 5.69 Å². The van der Waals surface area contributed by atoms with Crippen LogP contribution in [0.25, 0.3) is 0 Å². The van der Waals surface area contributed by atoms with E-state index in [1.165, 1.54) is 0 Å². The Balaban J connectivity index is 3.34. The average Bonchev–Trinajstić information content (AvgIpc) is 1.93. The van der Waals surface area contributed by atoms with Gasteiger partial charge in [0.15, 0.2) is 5.75 Å². The summed E-state index contributed by atoms with van der Waals surface area (Å²) in [5.74, 6) is 0.0781. The van der Waals surface area contributed by atoms with Crippen molar-refractivity contribution >= 4 is 37.5 Å². The number of hydrogen-bond acceptors (Lipinski definition) is 2. The summed E-state index contributed by atoms with van der Waals surface area (Å²) < 4.78 is 1.38. The molecule has 0 aliphatic carbocycles. The lowest BCUT2D eigenvalue weighted by Crippen LogP contribution is -1.85. The molecular weight excluding hydrogens is 262 g/mol. The number of benzene rings is 1. The van der Waals surface area contributed by atoms with Crippen LogP contribution in [-0.2, 0) is 0 Å². The fourth-order valence-corrected chi connectivity index (χ4v) is 1.24. The largest absolute Gasteiger partial charge is 0.505 e. The Morgan fingerprint density at radius 3 is 2.40 bits per heavy atom. The molecule has 0 fully saturated rings. The molecule has 1 aromatic rings. The van der Waals surface area contributed by atoms with Crippen LogP contribution in [0.5, 0.6) is 5.75 Å². The molecule has 0 unspecified atom stereocenters. The Hall–Kier alpha value is -0.220. The first-order valence-electron chi connectivity index (χ1n) is 2.55. The number of phenols is 1. The molecule has 0 aliphatic rings. The van der Waals surface area contributed by atoms with Gasteiger partial charge in [0.05, 0.1) is 10.2 Å². The molecular formula is C6H5Br2NO. The van der Waals surface area contributed by atoms with E-state index in [1.807, 2.05) is 0 Å². The molecule has 0 aliphatic heterocycles. The molecule has 0 bridgehead atoms. The van der Waals surface area contributed by atoms with Gasteiger partial charge in [-0.3, -0.25) is 0 Å². The minimum atomic E-state index is 0.0781. The van der Waals surface area contributed by atoms with Crippen LogP contribution in [0.1, 0.15) is 0 Å². The molecule has 1 aromatic carbocycles. The van der Waals surface area contributed by atoms with Crippen molar-refractivity contribution in [3.8, 4) is 5.75 Å². The van der Waals surface area contributed by atoms with Gasteiger partial charge in [-0.15, -0.1) is 0 Å². The van der Waals surface area contributed by atoms with Crippen molar-refractivity contribution in [2.75, 3.05) is 5.73 Å². The van der Waals surface area contributed by atoms with Crippen molar-refractivity contribution in [2.24, 2.45) is 0 Å². The molecule has 1 rings (SSSR count). The highest BCUT2D eigenvalue weighted by Gasteiger charge is 2.04. The van der Waals surface area contributed by atoms with E-state index in [2.05, 4.69) is 31.9 Å². The minimum absolute atomic E-state index is 0.0781. The molecule has 0 saturated carbocycles. The molecule has 3 N–H and O–H groups in total. The third-order valence-corrected chi connectivity index (χ3v) is 3.10. The van der Waals surface area contributed by atoms with Gasteiger partial charge in [0.1, 0.15) is 0 Å². The summed E-state index contributed by atoms with van der Waals surface area (Å²) in [4.78, 5) is 0. The Kier molecular flexibility index (Phi) is 2.21. The molecule has 0 heterocycles. The van der Waals surface area contributed by atoms with Crippen molar-refractivity contribution in [3.05, 3.63) is 21.1 Å². The number of halogens is 2. The first-order valence-corrected chi connectivity index (χ1v) is 4.14. The highest BCUT2D eigenvalue weighted by molar-refractivity contribution is 9.13. The minimum Gasteiger partial charge on any atom is -0.505 e. The highest BCUT2D eigenvalue weighted by Crippen LogP contribution is 2.35. The van der Waals surface area contributed by atoms with Gasteiger partial charge in [0.2, 0.25) is 0 Å². The second-order valence-corrected chi connectivity index (χ2v) is 3.45. The van der Waals surface area contributed by atoms with E-state index in [0.717, 1.165) is 4.47 Å². The van der Waals surface area contributed by atoms with Gasteiger partial charge in [-0.05, 0) is 44.0 Å². The van der Waals surface area contributed by atoms with Gasteiger partial charge in [0.25, 0.3) is 0 Å². The third-order valence-electron chi connectivity index (χ3n) is 1.10. The number of hydrogen-bond donors (Lipinski definition) is 2. The average molecular weight is 267 g/mol. The molecule has 0 atom stereocenters. The molecule has 0 aromatic heterocycles. The lowest BCUT2D eigenvalue weighted by Gasteiger charge is -2.01. The molecule has 4 heteroatoms. The lowest BCUT2D eigenvalue weighted by molar-refractivity contribution is 0.474. The summed E-state index contributed by atoms with van der Waals surface area (Å²) in [6.45, 7) is 0. The second kappa shape index (κ2) is 2.80. The van der Waals surface area contributed by atoms with Crippen LogP contribution in [0.2, 0.25) is 0 Å². The first kappa shape index (κ1) is 7.88. The Labute approximate surface area is 75.3 Å². The molecule has 0 spiro atoms. The molecule has 54 valence electrons. The zero-order valence-corrected chi connectivity index (χ0v) is 8.11. The Bertz CT molecular complexity index is 235. The predicted octanol–water partition coefficient (Wildman–Crippen LogP) is 2.50. The molecule has 0 radical (unpaired) electrons. The maximum Gasteiger partial charge on any atom is 0.153 e. The topological polar surface area (TPSA) is 46.2 Å². The quantitative estimate of drug-likeness (QED) is 0.560. The summed E-state index contributed by atoms with van der Waals surface area (Å²) in [5.41, 5.74) is 5.76. The van der Waals surface area contributed by atoms with Gasteiger partial charge in [-0.2, -0.15) is 0 Å². The summed E-state index contributed by atoms with van der Waals surface area (Å²) in [5, 5.41) is 9.19. The van der Waals surface area contributed by atoms with Crippen molar-refractivity contribution < 1.29 is 5.11 Å². The van der Waals surface area contributed by atoms with Crippen molar-refractivity contribution in [2.45, 2.75) is 0 Å². The van der Waals surface area contributed by atoms with Crippen LogP contribution in [0, 0.1) is 0 Å². The monoisotopic (exact) mass is 265 g/mol. The van der Waals surface area contributed by atoms with E-state index in [0.29, 0.717) is 10.2 Å². The van der Waals surface area contributed by atoms with E-state index in [1.54, 1.807) is 12.1 Å². The van der Waals surface area contributed by atoms with Gasteiger partial charge < -0.3 is 10.8 Å². The predicted molar refractivity (Wildman–Crippen MR) is 47.9 cm³/mol. The summed E-state index contributed by atoms with van der Waals surface area (Å²) in [6.07, 6.45) is 0. The fourth-order valence-electron chi connectivity index (χ4n) is 0.555. The van der Waals surface area contributed by atoms with Crippen LogP contribution in [0.15, 0.2) is 21.1 Å². The number of phenolic OH excluding ortho intramolecular Hbond substituents is 1. The van der Waals surface area contributed by atoms with Gasteiger partial charge in [0, 0.05) is 4.47 Å². The number of rotatable bonds is 0. The molecule has 2 nitrogen and oxygen atoms in total. The van der Waals surface area contributed by atoms with Gasteiger partial charge in [-0.25, -0.2) is 0 Å². The van der Waals surface area contributed by atoms with Crippen molar-refractivity contribution in [3.63, 3.8) is 0 Å². The normalized spacial score (nSPS) is 9.80. The molecule has 10 heavy (non-hydrogen) atoms. The number of nitrogen functional groups attached to an aromatic ring is 1. The fraction of sp³-hybridized carbons (Fsp3) is 0. The SMILES string of the molecule is Nc1ccc(Br)c(Br)c1O. The standard InChI is InChI=1S/C6H5Br2NO/c7-3-1-2-4(9)6(10)5(3)8/h1-2,10H,9H2. The van der Waals surface area contributed by atoms with E-state index < -0.39 is 0 Å². The number of nitrogens with two attached hydrogens (primary N) is 1. The molecule has 0 amide bonds. The summed E-state index contributed by atoms with van der Waals surface area (Å²) >= 11 is 6.37. The summed E-state index contributed by atoms with van der Waals surface area (Å²) in [6, 6.07) is 3.39. The van der Waals surface area contributed by atoms with E-state index in [-0.39, 0.29) is 5.75 Å². The van der Waals surface area contributed by atoms with E-state index in [4.69, 9.17) is 5.73 Å². The van der Waals surface area contributed by atoms with Gasteiger partial charge in [-0.1, -0.05) is 0 Å². The van der Waals surface area contributed by atoms with Crippen LogP contribution in [0.3, 0.4) is 0 Å². The molecule has 0 saturated heterocycles. The van der Waals surface area contributed by atoms with E-state index >= 15 is 0 Å². The Morgan fingerprint density at radius 2 is 1.90 bits per heavy atom. The van der Waals surface area contributed by atoms with Crippen molar-refractivity contribution in [1.29, 1.82) is 0 Å². The zero-order chi connectivity index (χ0) is 7.72. The number of anilines is 1. The van der Waals surface area contributed by atoms with Crippen LogP contribution in [-0.4, -0.2) is 5.11 Å². The Morgan fingerprint density at radius 1 is 1.30 bits per heavy atom. The smallest absolute Gasteiger partial charge is 0.153 e. The first-order chi connectivity index (χ1) is 4.63. The van der Waals surface area contributed by atoms with Crippen molar-refractivity contribution in [1.82, 2.24) is 0 Å². The lowest BCUT2D eigenvalue weighted by atomic mass is 10.3. The maximum atomic E-state index is 9.19. The van der Waals surface area contributed by atoms with Gasteiger partial charge >= 0.3 is 0 Å².